The van der Waals surface area contributed by atoms with Crippen molar-refractivity contribution in [1.82, 2.24) is 4.31 Å². The molecule has 0 bridgehead atoms. The highest BCUT2D eigenvalue weighted by Crippen LogP contribution is 2.28. The maximum absolute atomic E-state index is 12.6. The number of hydrogen-bond acceptors (Lipinski definition) is 6. The molecule has 0 saturated carbocycles. The van der Waals surface area contributed by atoms with E-state index in [1.807, 2.05) is 0 Å². The number of benzene rings is 1. The number of carboxylic acid groups (broad SMARTS) is 1. The summed E-state index contributed by atoms with van der Waals surface area (Å²) in [5, 5.41) is 10.7. The SMILES string of the molecule is COc1ccc(CC(=O)[O-])cc1S(=O)(=O)N1CCOCC1. The second-order valence-corrected chi connectivity index (χ2v) is 6.46. The van der Waals surface area contributed by atoms with Gasteiger partial charge in [-0.15, -0.1) is 0 Å². The van der Waals surface area contributed by atoms with Gasteiger partial charge in [-0.05, 0) is 17.7 Å². The van der Waals surface area contributed by atoms with Gasteiger partial charge in [0.1, 0.15) is 10.6 Å². The number of methoxy groups -OCH3 is 1. The summed E-state index contributed by atoms with van der Waals surface area (Å²) < 4.78 is 36.8. The zero-order valence-corrected chi connectivity index (χ0v) is 12.4. The van der Waals surface area contributed by atoms with Crippen LogP contribution in [-0.4, -0.2) is 52.1 Å². The number of carboxylic acids is 1. The van der Waals surface area contributed by atoms with E-state index in [-0.39, 0.29) is 30.2 Å². The fourth-order valence-corrected chi connectivity index (χ4v) is 3.74. The molecule has 1 heterocycles. The molecule has 0 aromatic heterocycles. The molecule has 0 spiro atoms. The van der Waals surface area contributed by atoms with Crippen molar-refractivity contribution in [1.29, 1.82) is 0 Å². The third kappa shape index (κ3) is 3.52. The van der Waals surface area contributed by atoms with E-state index >= 15 is 0 Å². The molecule has 1 aliphatic rings. The summed E-state index contributed by atoms with van der Waals surface area (Å²) in [7, 11) is -2.38. The van der Waals surface area contributed by atoms with Crippen molar-refractivity contribution in [3.05, 3.63) is 23.8 Å². The predicted molar refractivity (Wildman–Crippen MR) is 71.3 cm³/mol. The first-order valence-corrected chi connectivity index (χ1v) is 7.84. The van der Waals surface area contributed by atoms with Crippen LogP contribution in [0.4, 0.5) is 0 Å². The lowest BCUT2D eigenvalue weighted by molar-refractivity contribution is -0.304. The van der Waals surface area contributed by atoms with E-state index in [2.05, 4.69) is 0 Å². The molecule has 7 nitrogen and oxygen atoms in total. The van der Waals surface area contributed by atoms with Gasteiger partial charge in [0.2, 0.25) is 10.0 Å². The van der Waals surface area contributed by atoms with Gasteiger partial charge in [-0.25, -0.2) is 8.42 Å². The number of carbonyl (C=O) groups is 1. The normalized spacial score (nSPS) is 16.6. The molecule has 1 aliphatic heterocycles. The molecule has 0 radical (unpaired) electrons. The molecular weight excluding hydrogens is 298 g/mol. The first-order valence-electron chi connectivity index (χ1n) is 6.40. The van der Waals surface area contributed by atoms with Crippen LogP contribution in [0, 0.1) is 0 Å². The Morgan fingerprint density at radius 1 is 1.38 bits per heavy atom. The van der Waals surface area contributed by atoms with Crippen LogP contribution in [0.5, 0.6) is 5.75 Å². The van der Waals surface area contributed by atoms with Crippen LogP contribution in [0.3, 0.4) is 0 Å². The summed E-state index contributed by atoms with van der Waals surface area (Å²) in [5.74, 6) is -1.08. The average molecular weight is 314 g/mol. The summed E-state index contributed by atoms with van der Waals surface area (Å²) in [6.07, 6.45) is -0.352. The zero-order valence-electron chi connectivity index (χ0n) is 11.6. The van der Waals surface area contributed by atoms with Gasteiger partial charge in [-0.2, -0.15) is 4.31 Å². The summed E-state index contributed by atoms with van der Waals surface area (Å²) in [6.45, 7) is 1.19. The maximum Gasteiger partial charge on any atom is 0.246 e. The van der Waals surface area contributed by atoms with Crippen LogP contribution >= 0.6 is 0 Å². The molecule has 8 heteroatoms. The number of aliphatic carboxylic acids is 1. The fraction of sp³-hybridized carbons (Fsp3) is 0.462. The van der Waals surface area contributed by atoms with Gasteiger partial charge in [-0.3, -0.25) is 0 Å². The highest BCUT2D eigenvalue weighted by Gasteiger charge is 2.29. The van der Waals surface area contributed by atoms with Crippen LogP contribution in [0.1, 0.15) is 5.56 Å². The molecule has 0 unspecified atom stereocenters. The molecular formula is C13H16NO6S-. The standard InChI is InChI=1S/C13H17NO6S/c1-19-11-3-2-10(9-13(15)16)8-12(11)21(17,18)14-4-6-20-7-5-14/h2-3,8H,4-7,9H2,1H3,(H,15,16)/p-1. The third-order valence-corrected chi connectivity index (χ3v) is 5.08. The van der Waals surface area contributed by atoms with E-state index in [0.29, 0.717) is 18.8 Å². The molecule has 0 amide bonds. The Morgan fingerprint density at radius 3 is 2.62 bits per heavy atom. The number of ether oxygens (including phenoxy) is 2. The second kappa shape index (κ2) is 6.42. The first kappa shape index (κ1) is 15.7. The number of hydrogen-bond donors (Lipinski definition) is 0. The lowest BCUT2D eigenvalue weighted by Crippen LogP contribution is -2.40. The van der Waals surface area contributed by atoms with E-state index in [1.165, 1.54) is 29.6 Å². The summed E-state index contributed by atoms with van der Waals surface area (Å²) in [5.41, 5.74) is 0.350. The van der Waals surface area contributed by atoms with E-state index in [9.17, 15) is 18.3 Å². The van der Waals surface area contributed by atoms with Crippen molar-refractivity contribution >= 4 is 16.0 Å². The Bertz CT molecular complexity index is 622. The van der Waals surface area contributed by atoms with Crippen molar-refractivity contribution in [3.8, 4) is 5.75 Å². The summed E-state index contributed by atoms with van der Waals surface area (Å²) in [6, 6.07) is 4.28. The van der Waals surface area contributed by atoms with Crippen molar-refractivity contribution in [2.24, 2.45) is 0 Å². The molecule has 0 atom stereocenters. The smallest absolute Gasteiger partial charge is 0.246 e. The molecule has 116 valence electrons. The van der Waals surface area contributed by atoms with Gasteiger partial charge >= 0.3 is 0 Å². The molecule has 1 fully saturated rings. The van der Waals surface area contributed by atoms with E-state index in [0.717, 1.165) is 0 Å². The molecule has 2 rings (SSSR count). The minimum atomic E-state index is -3.75. The fourth-order valence-electron chi connectivity index (χ4n) is 2.13. The second-order valence-electron chi connectivity index (χ2n) is 4.55. The number of morpholine rings is 1. The molecule has 21 heavy (non-hydrogen) atoms. The van der Waals surface area contributed by atoms with Crippen LogP contribution in [0.25, 0.3) is 0 Å². The van der Waals surface area contributed by atoms with Crippen LogP contribution in [0.2, 0.25) is 0 Å². The van der Waals surface area contributed by atoms with Gasteiger partial charge in [0.25, 0.3) is 0 Å². The zero-order chi connectivity index (χ0) is 15.5. The summed E-state index contributed by atoms with van der Waals surface area (Å²) >= 11 is 0. The van der Waals surface area contributed by atoms with E-state index in [1.54, 1.807) is 0 Å². The van der Waals surface area contributed by atoms with Gasteiger partial charge < -0.3 is 19.4 Å². The lowest BCUT2D eigenvalue weighted by atomic mass is 10.1. The third-order valence-electron chi connectivity index (χ3n) is 3.16. The highest BCUT2D eigenvalue weighted by molar-refractivity contribution is 7.89. The van der Waals surface area contributed by atoms with E-state index < -0.39 is 16.0 Å². The van der Waals surface area contributed by atoms with Gasteiger partial charge in [0.05, 0.1) is 20.3 Å². The Hall–Kier alpha value is -1.64. The molecule has 1 saturated heterocycles. The van der Waals surface area contributed by atoms with Crippen LogP contribution < -0.4 is 9.84 Å². The minimum absolute atomic E-state index is 0.0364. The predicted octanol–water partition coefficient (Wildman–Crippen LogP) is -0.991. The van der Waals surface area contributed by atoms with Gasteiger partial charge in [-0.1, -0.05) is 6.07 Å². The maximum atomic E-state index is 12.6. The average Bonchev–Trinajstić information content (AvgIpc) is 2.47. The van der Waals surface area contributed by atoms with Gasteiger partial charge in [0.15, 0.2) is 0 Å². The van der Waals surface area contributed by atoms with Crippen molar-refractivity contribution in [2.45, 2.75) is 11.3 Å². The molecule has 0 N–H and O–H groups in total. The monoisotopic (exact) mass is 314 g/mol. The molecule has 0 aliphatic carbocycles. The molecule has 1 aromatic rings. The summed E-state index contributed by atoms with van der Waals surface area (Å²) in [4.78, 5) is 10.6. The number of carbonyl (C=O) groups excluding carboxylic acids is 1. The molecule has 1 aromatic carbocycles. The first-order chi connectivity index (χ1) is 9.95. The van der Waals surface area contributed by atoms with Crippen molar-refractivity contribution < 1.29 is 27.8 Å². The van der Waals surface area contributed by atoms with Crippen molar-refractivity contribution in [3.63, 3.8) is 0 Å². The Labute approximate surface area is 123 Å². The minimum Gasteiger partial charge on any atom is -0.550 e. The van der Waals surface area contributed by atoms with Gasteiger partial charge in [0, 0.05) is 25.5 Å². The highest BCUT2D eigenvalue weighted by atomic mass is 32.2. The quantitative estimate of drug-likeness (QED) is 0.692. The van der Waals surface area contributed by atoms with Crippen LogP contribution in [0.15, 0.2) is 23.1 Å². The Morgan fingerprint density at radius 2 is 2.05 bits per heavy atom. The number of sulfonamides is 1. The topological polar surface area (TPSA) is 96.0 Å². The number of nitrogens with zero attached hydrogens (tertiary/aromatic N) is 1. The Kier molecular flexibility index (Phi) is 4.81. The Balaban J connectivity index is 2.41. The largest absolute Gasteiger partial charge is 0.550 e. The lowest BCUT2D eigenvalue weighted by Gasteiger charge is -2.26. The van der Waals surface area contributed by atoms with Crippen LogP contribution in [-0.2, 0) is 26.0 Å². The van der Waals surface area contributed by atoms with Crippen molar-refractivity contribution in [2.75, 3.05) is 33.4 Å². The van der Waals surface area contributed by atoms with E-state index in [4.69, 9.17) is 9.47 Å². The number of rotatable bonds is 5.